The number of carbonyl (C=O) groups excluding carboxylic acids is 5. The molecule has 8 rings (SSSR count). The average molecular weight is 715 g/mol. The Morgan fingerprint density at radius 1 is 0.925 bits per heavy atom. The lowest BCUT2D eigenvalue weighted by molar-refractivity contribution is -0.136. The number of H-pyrrole nitrogens is 2. The van der Waals surface area contributed by atoms with Gasteiger partial charge in [0.15, 0.2) is 0 Å². The largest absolute Gasteiger partial charge is 0.397 e. The molecule has 5 aromatic rings. The molecule has 3 aromatic carbocycles. The number of imidazole rings is 1. The summed E-state index contributed by atoms with van der Waals surface area (Å²) in [7, 11) is 0. The number of benzene rings is 3. The number of rotatable bonds is 5. The number of nitrogen functional groups attached to an aromatic ring is 1. The number of hydrogen-bond acceptors (Lipinski definition) is 9. The van der Waals surface area contributed by atoms with E-state index in [-0.39, 0.29) is 65.2 Å². The van der Waals surface area contributed by atoms with E-state index in [1.54, 1.807) is 23.1 Å². The van der Waals surface area contributed by atoms with Crippen LogP contribution in [-0.2, 0) is 14.4 Å². The number of piperazine rings is 1. The van der Waals surface area contributed by atoms with Gasteiger partial charge in [0.05, 0.1) is 38.8 Å². The maximum Gasteiger partial charge on any atom is 0.263 e. The highest BCUT2D eigenvalue weighted by Crippen LogP contribution is 2.32. The van der Waals surface area contributed by atoms with Crippen molar-refractivity contribution in [1.29, 1.82) is 0 Å². The second-order valence-corrected chi connectivity index (χ2v) is 13.0. The molecule has 1 atom stereocenters. The number of carbonyl (C=O) groups is 5. The summed E-state index contributed by atoms with van der Waals surface area (Å²) < 4.78 is 14.6. The summed E-state index contributed by atoms with van der Waals surface area (Å²) in [6.07, 6.45) is 0.489. The summed E-state index contributed by atoms with van der Waals surface area (Å²) in [4.78, 5) is 91.6. The zero-order chi connectivity index (χ0) is 37.0. The van der Waals surface area contributed by atoms with Crippen LogP contribution in [0.25, 0.3) is 33.3 Å². The molecule has 2 saturated heterocycles. The molecule has 5 N–H and O–H groups in total. The van der Waals surface area contributed by atoms with Crippen LogP contribution in [0.5, 0.6) is 0 Å². The van der Waals surface area contributed by atoms with Crippen LogP contribution in [0.1, 0.15) is 52.0 Å². The van der Waals surface area contributed by atoms with Gasteiger partial charge < -0.3 is 25.5 Å². The molecule has 266 valence electrons. The zero-order valence-electron chi connectivity index (χ0n) is 28.1. The van der Waals surface area contributed by atoms with Crippen LogP contribution < -0.4 is 21.5 Å². The van der Waals surface area contributed by atoms with Gasteiger partial charge >= 0.3 is 0 Å². The molecule has 53 heavy (non-hydrogen) atoms. The number of piperidine rings is 1. The predicted molar refractivity (Wildman–Crippen MR) is 192 cm³/mol. The fourth-order valence-corrected chi connectivity index (χ4v) is 7.20. The molecule has 0 radical (unpaired) electrons. The minimum Gasteiger partial charge on any atom is -0.397 e. The van der Waals surface area contributed by atoms with Crippen molar-refractivity contribution >= 4 is 62.8 Å². The monoisotopic (exact) mass is 714 g/mol. The van der Waals surface area contributed by atoms with Crippen molar-refractivity contribution < 1.29 is 28.4 Å². The van der Waals surface area contributed by atoms with Crippen molar-refractivity contribution in [2.45, 2.75) is 31.7 Å². The van der Waals surface area contributed by atoms with E-state index in [9.17, 15) is 33.2 Å². The Morgan fingerprint density at radius 3 is 2.51 bits per heavy atom. The summed E-state index contributed by atoms with van der Waals surface area (Å²) in [5.41, 5.74) is 8.92. The van der Waals surface area contributed by atoms with Gasteiger partial charge in [-0.2, -0.15) is 0 Å². The second-order valence-electron chi connectivity index (χ2n) is 13.0. The third-order valence-corrected chi connectivity index (χ3v) is 9.88. The Bertz CT molecular complexity index is 2540. The third-order valence-electron chi connectivity index (χ3n) is 9.88. The Kier molecular flexibility index (Phi) is 8.21. The normalized spacial score (nSPS) is 17.3. The molecule has 2 aromatic heterocycles. The Morgan fingerprint density at radius 2 is 1.72 bits per heavy atom. The second kappa shape index (κ2) is 13.1. The molecule has 0 aliphatic carbocycles. The molecule has 0 saturated carbocycles. The first-order valence-corrected chi connectivity index (χ1v) is 17.1. The Labute approximate surface area is 300 Å². The predicted octanol–water partition coefficient (Wildman–Crippen LogP) is 2.67. The standard InChI is InChI=1S/C38H31FN8O6/c39-23-8-4-9-25-31(23)33(40)32(36(51)43-25)34-41-24-12-11-21(19-26(24)42-34)45-15-17-46(18-16-45)29(49)10-2-1-5-20-6-3-7-22-30(20)38(53)47(37(22)52)27-13-14-28(48)44-35(27)50/h3-4,6-9,11-12,19,27H,2,10,13-18H2,(H,41,42)(H3,40,43,51)(H,44,48,50). The van der Waals surface area contributed by atoms with Gasteiger partial charge in [0, 0.05) is 56.7 Å². The minimum absolute atomic E-state index is 0.00133. The summed E-state index contributed by atoms with van der Waals surface area (Å²) in [5, 5.41) is 2.31. The van der Waals surface area contributed by atoms with Crippen LogP contribution in [0, 0.1) is 17.7 Å². The zero-order valence-corrected chi connectivity index (χ0v) is 28.1. The molecule has 3 aliphatic rings. The van der Waals surface area contributed by atoms with Gasteiger partial charge in [0.25, 0.3) is 17.4 Å². The number of nitrogens with two attached hydrogens (primary N) is 1. The molecule has 0 spiro atoms. The highest BCUT2D eigenvalue weighted by Gasteiger charge is 2.45. The van der Waals surface area contributed by atoms with Gasteiger partial charge in [0.1, 0.15) is 23.2 Å². The first-order chi connectivity index (χ1) is 25.6. The number of pyridine rings is 1. The van der Waals surface area contributed by atoms with Gasteiger partial charge in [0.2, 0.25) is 17.7 Å². The highest BCUT2D eigenvalue weighted by molar-refractivity contribution is 6.24. The van der Waals surface area contributed by atoms with Crippen molar-refractivity contribution in [1.82, 2.24) is 30.1 Å². The number of halogens is 1. The molecular formula is C38H31FN8O6. The quantitative estimate of drug-likeness (QED) is 0.156. The number of nitrogens with zero attached hydrogens (tertiary/aromatic N) is 4. The van der Waals surface area contributed by atoms with Crippen LogP contribution in [-0.4, -0.2) is 86.5 Å². The van der Waals surface area contributed by atoms with Crippen LogP contribution >= 0.6 is 0 Å². The summed E-state index contributed by atoms with van der Waals surface area (Å²) in [6.45, 7) is 2.14. The van der Waals surface area contributed by atoms with Crippen molar-refractivity contribution in [2.24, 2.45) is 0 Å². The summed E-state index contributed by atoms with van der Waals surface area (Å²) >= 11 is 0. The molecule has 5 heterocycles. The summed E-state index contributed by atoms with van der Waals surface area (Å²) in [6, 6.07) is 13.7. The lowest BCUT2D eigenvalue weighted by atomic mass is 10.0. The van der Waals surface area contributed by atoms with Gasteiger partial charge in [-0.3, -0.25) is 39.0 Å². The number of aromatic nitrogens is 3. The van der Waals surface area contributed by atoms with Crippen molar-refractivity contribution in [3.8, 4) is 23.2 Å². The molecule has 14 nitrogen and oxygen atoms in total. The number of amides is 5. The van der Waals surface area contributed by atoms with E-state index in [1.807, 2.05) is 18.2 Å². The highest BCUT2D eigenvalue weighted by atomic mass is 19.1. The van der Waals surface area contributed by atoms with Crippen LogP contribution in [0.15, 0.2) is 59.4 Å². The Hall–Kier alpha value is -6.82. The van der Waals surface area contributed by atoms with Crippen LogP contribution in [0.2, 0.25) is 0 Å². The molecule has 1 unspecified atom stereocenters. The molecule has 0 bridgehead atoms. The van der Waals surface area contributed by atoms with Gasteiger partial charge in [-0.15, -0.1) is 0 Å². The third kappa shape index (κ3) is 5.83. The maximum atomic E-state index is 14.6. The fraction of sp³-hybridized carbons (Fsp3) is 0.237. The first-order valence-electron chi connectivity index (χ1n) is 17.1. The minimum atomic E-state index is -1.07. The number of fused-ring (bicyclic) bond motifs is 3. The van der Waals surface area contributed by atoms with E-state index < -0.39 is 41.0 Å². The first kappa shape index (κ1) is 33.3. The smallest absolute Gasteiger partial charge is 0.263 e. The molecule has 15 heteroatoms. The van der Waals surface area contributed by atoms with Gasteiger partial charge in [-0.25, -0.2) is 9.37 Å². The number of anilines is 2. The molecule has 3 aliphatic heterocycles. The lowest BCUT2D eigenvalue weighted by Crippen LogP contribution is -2.54. The van der Waals surface area contributed by atoms with E-state index in [0.29, 0.717) is 48.3 Å². The molecule has 5 amide bonds. The molecular weight excluding hydrogens is 683 g/mol. The topological polar surface area (TPSA) is 195 Å². The number of nitrogens with one attached hydrogen (secondary N) is 3. The number of hydrogen-bond donors (Lipinski definition) is 4. The van der Waals surface area contributed by atoms with Crippen LogP contribution in [0.4, 0.5) is 15.8 Å². The number of imide groups is 2. The SMILES string of the molecule is Nc1c(-c2nc3ccc(N4CCN(C(=O)CCC#Cc5cccc6c5C(=O)N(C5CCC(=O)NC5=O)C6=O)CC4)cc3[nH]2)c(=O)[nH]c2cccc(F)c12. The van der Waals surface area contributed by atoms with E-state index in [0.717, 1.165) is 10.6 Å². The van der Waals surface area contributed by atoms with Gasteiger partial charge in [-0.05, 0) is 48.9 Å². The lowest BCUT2D eigenvalue weighted by Gasteiger charge is -2.36. The van der Waals surface area contributed by atoms with E-state index in [4.69, 9.17) is 5.73 Å². The maximum absolute atomic E-state index is 14.6. The van der Waals surface area contributed by atoms with Crippen molar-refractivity contribution in [3.63, 3.8) is 0 Å². The van der Waals surface area contributed by atoms with Crippen molar-refractivity contribution in [3.05, 3.63) is 87.5 Å². The summed E-state index contributed by atoms with van der Waals surface area (Å²) in [5.74, 6) is 3.15. The fourth-order valence-electron chi connectivity index (χ4n) is 7.20. The number of aromatic amines is 2. The van der Waals surface area contributed by atoms with E-state index in [1.165, 1.54) is 18.2 Å². The van der Waals surface area contributed by atoms with Crippen molar-refractivity contribution in [2.75, 3.05) is 36.8 Å². The van der Waals surface area contributed by atoms with Crippen LogP contribution in [0.3, 0.4) is 0 Å². The molecule has 2 fully saturated rings. The van der Waals surface area contributed by atoms with E-state index in [2.05, 4.69) is 37.0 Å². The average Bonchev–Trinajstić information content (AvgIpc) is 3.67. The van der Waals surface area contributed by atoms with Gasteiger partial charge in [-0.1, -0.05) is 24.0 Å². The Balaban J connectivity index is 0.894. The van der Waals surface area contributed by atoms with E-state index >= 15 is 0 Å².